The molecule has 0 heterocycles. The van der Waals surface area contributed by atoms with Crippen LogP contribution >= 0.6 is 0 Å². The minimum atomic E-state index is -4.06. The first kappa shape index (κ1) is 28.0. The molecule has 0 saturated heterocycles. The van der Waals surface area contributed by atoms with Crippen LogP contribution < -0.4 is 14.4 Å². The number of benzene rings is 2. The van der Waals surface area contributed by atoms with Gasteiger partial charge in [-0.05, 0) is 57.5 Å². The Morgan fingerprint density at radius 3 is 2.29 bits per heavy atom. The molecule has 192 valence electrons. The number of methoxy groups -OCH3 is 1. The number of halogens is 2. The van der Waals surface area contributed by atoms with Gasteiger partial charge in [0, 0.05) is 18.2 Å². The van der Waals surface area contributed by atoms with Gasteiger partial charge in [0.15, 0.2) is 11.6 Å². The number of nitrogens with one attached hydrogen (secondary N) is 1. The molecule has 0 spiro atoms. The van der Waals surface area contributed by atoms with Crippen molar-refractivity contribution in [3.63, 3.8) is 0 Å². The van der Waals surface area contributed by atoms with Gasteiger partial charge in [0.25, 0.3) is 0 Å². The summed E-state index contributed by atoms with van der Waals surface area (Å²) in [5.74, 6) is -3.01. The van der Waals surface area contributed by atoms with E-state index in [9.17, 15) is 26.8 Å². The molecule has 0 saturated carbocycles. The number of carbonyl (C=O) groups is 2. The van der Waals surface area contributed by atoms with Crippen LogP contribution in [0, 0.1) is 11.6 Å². The topological polar surface area (TPSA) is 96.0 Å². The molecule has 0 aliphatic rings. The second kappa shape index (κ2) is 11.0. The van der Waals surface area contributed by atoms with Crippen molar-refractivity contribution in [3.8, 4) is 5.75 Å². The molecular formula is C24H31F2N3O5S. The van der Waals surface area contributed by atoms with Crippen LogP contribution in [0.2, 0.25) is 0 Å². The fraction of sp³-hybridized carbons (Fsp3) is 0.417. The second-order valence-electron chi connectivity index (χ2n) is 9.16. The van der Waals surface area contributed by atoms with Crippen molar-refractivity contribution in [3.05, 3.63) is 59.7 Å². The molecule has 2 aromatic rings. The lowest BCUT2D eigenvalue weighted by Gasteiger charge is -2.33. The van der Waals surface area contributed by atoms with Crippen LogP contribution in [0.4, 0.5) is 14.5 Å². The number of anilines is 1. The van der Waals surface area contributed by atoms with E-state index in [-0.39, 0.29) is 12.2 Å². The minimum Gasteiger partial charge on any atom is -0.497 e. The molecule has 2 amide bonds. The smallest absolute Gasteiger partial charge is 0.244 e. The molecule has 0 fully saturated rings. The summed E-state index contributed by atoms with van der Waals surface area (Å²) in [5, 5.41) is 2.81. The monoisotopic (exact) mass is 511 g/mol. The highest BCUT2D eigenvalue weighted by molar-refractivity contribution is 7.92. The molecule has 0 aliphatic carbocycles. The van der Waals surface area contributed by atoms with E-state index in [1.54, 1.807) is 45.0 Å². The summed E-state index contributed by atoms with van der Waals surface area (Å²) in [6, 6.07) is 8.45. The maximum atomic E-state index is 13.8. The first-order chi connectivity index (χ1) is 16.1. The lowest BCUT2D eigenvalue weighted by molar-refractivity contribution is -0.140. The maximum Gasteiger partial charge on any atom is 0.244 e. The Bertz CT molecular complexity index is 1180. The van der Waals surface area contributed by atoms with Gasteiger partial charge in [-0.3, -0.25) is 13.9 Å². The van der Waals surface area contributed by atoms with E-state index in [4.69, 9.17) is 4.74 Å². The van der Waals surface area contributed by atoms with Gasteiger partial charge in [-0.2, -0.15) is 0 Å². The van der Waals surface area contributed by atoms with Crippen molar-refractivity contribution in [2.45, 2.75) is 45.8 Å². The zero-order valence-corrected chi connectivity index (χ0v) is 21.4. The highest BCUT2D eigenvalue weighted by Gasteiger charge is 2.31. The number of hydrogen-bond acceptors (Lipinski definition) is 5. The number of ether oxygens (including phenoxy) is 1. The summed E-state index contributed by atoms with van der Waals surface area (Å²) >= 11 is 0. The van der Waals surface area contributed by atoms with Gasteiger partial charge in [0.05, 0.1) is 19.1 Å². The van der Waals surface area contributed by atoms with Crippen molar-refractivity contribution in [1.29, 1.82) is 0 Å². The number of carbonyl (C=O) groups excluding carboxylic acids is 2. The number of nitrogens with zero attached hydrogens (tertiary/aromatic N) is 2. The SMILES string of the molecule is COc1cccc(CN(C(=O)CN(c2ccc(F)c(F)c2)S(C)(=O)=O)C(C)C(=O)NC(C)(C)C)c1. The summed E-state index contributed by atoms with van der Waals surface area (Å²) < 4.78 is 58.0. The van der Waals surface area contributed by atoms with E-state index < -0.39 is 51.6 Å². The molecular weight excluding hydrogens is 480 g/mol. The molecule has 0 radical (unpaired) electrons. The fourth-order valence-corrected chi connectivity index (χ4v) is 4.12. The fourth-order valence-electron chi connectivity index (χ4n) is 3.28. The third-order valence-electron chi connectivity index (χ3n) is 5.02. The average molecular weight is 512 g/mol. The van der Waals surface area contributed by atoms with Crippen LogP contribution in [0.5, 0.6) is 5.75 Å². The zero-order valence-electron chi connectivity index (χ0n) is 20.6. The lowest BCUT2D eigenvalue weighted by atomic mass is 10.1. The number of sulfonamides is 1. The van der Waals surface area contributed by atoms with Gasteiger partial charge >= 0.3 is 0 Å². The molecule has 35 heavy (non-hydrogen) atoms. The Labute approximate surface area is 204 Å². The summed E-state index contributed by atoms with van der Waals surface area (Å²) in [6.07, 6.45) is 0.851. The zero-order chi connectivity index (χ0) is 26.6. The molecule has 1 unspecified atom stereocenters. The van der Waals surface area contributed by atoms with E-state index in [0.29, 0.717) is 21.7 Å². The average Bonchev–Trinajstić information content (AvgIpc) is 2.75. The standard InChI is InChI=1S/C24H31F2N3O5S/c1-16(23(31)27-24(2,3)4)28(14-17-8-7-9-19(12-17)34-5)22(30)15-29(35(6,32)33)18-10-11-20(25)21(26)13-18/h7-13,16H,14-15H2,1-6H3,(H,27,31). The van der Waals surface area contributed by atoms with Crippen LogP contribution in [-0.2, 0) is 26.2 Å². The van der Waals surface area contributed by atoms with E-state index in [2.05, 4.69) is 5.32 Å². The van der Waals surface area contributed by atoms with E-state index >= 15 is 0 Å². The Balaban J connectivity index is 2.44. The van der Waals surface area contributed by atoms with Crippen molar-refractivity contribution >= 4 is 27.5 Å². The number of hydrogen-bond donors (Lipinski definition) is 1. The molecule has 2 aromatic carbocycles. The van der Waals surface area contributed by atoms with Gasteiger partial charge in [0.1, 0.15) is 18.3 Å². The van der Waals surface area contributed by atoms with Gasteiger partial charge in [-0.15, -0.1) is 0 Å². The van der Waals surface area contributed by atoms with Crippen molar-refractivity contribution in [2.24, 2.45) is 0 Å². The summed E-state index contributed by atoms with van der Waals surface area (Å²) in [6.45, 7) is 6.16. The van der Waals surface area contributed by atoms with Crippen LogP contribution in [0.1, 0.15) is 33.3 Å². The van der Waals surface area contributed by atoms with Gasteiger partial charge < -0.3 is 15.0 Å². The lowest BCUT2D eigenvalue weighted by Crippen LogP contribution is -2.54. The Morgan fingerprint density at radius 2 is 1.74 bits per heavy atom. The van der Waals surface area contributed by atoms with Crippen molar-refractivity contribution in [1.82, 2.24) is 10.2 Å². The van der Waals surface area contributed by atoms with Crippen LogP contribution in [0.15, 0.2) is 42.5 Å². The van der Waals surface area contributed by atoms with E-state index in [1.165, 1.54) is 18.9 Å². The Kier molecular flexibility index (Phi) is 8.83. The molecule has 1 N–H and O–H groups in total. The first-order valence-corrected chi connectivity index (χ1v) is 12.6. The van der Waals surface area contributed by atoms with Crippen molar-refractivity contribution in [2.75, 3.05) is 24.2 Å². The normalized spacial score (nSPS) is 12.6. The molecule has 0 aromatic heterocycles. The third kappa shape index (κ3) is 7.91. The first-order valence-electron chi connectivity index (χ1n) is 10.8. The van der Waals surface area contributed by atoms with Gasteiger partial charge in [-0.25, -0.2) is 17.2 Å². The predicted octanol–water partition coefficient (Wildman–Crippen LogP) is 3.07. The van der Waals surface area contributed by atoms with E-state index in [1.807, 2.05) is 0 Å². The summed E-state index contributed by atoms with van der Waals surface area (Å²) in [4.78, 5) is 27.6. The molecule has 2 rings (SSSR count). The number of rotatable bonds is 9. The van der Waals surface area contributed by atoms with Gasteiger partial charge in [0.2, 0.25) is 21.8 Å². The summed E-state index contributed by atoms with van der Waals surface area (Å²) in [5.41, 5.74) is -0.139. The van der Waals surface area contributed by atoms with Gasteiger partial charge in [-0.1, -0.05) is 12.1 Å². The maximum absolute atomic E-state index is 13.8. The largest absolute Gasteiger partial charge is 0.497 e. The Hall–Kier alpha value is -3.21. The Morgan fingerprint density at radius 1 is 1.09 bits per heavy atom. The molecule has 0 aliphatic heterocycles. The predicted molar refractivity (Wildman–Crippen MR) is 129 cm³/mol. The second-order valence-corrected chi connectivity index (χ2v) is 11.1. The molecule has 1 atom stereocenters. The van der Waals surface area contributed by atoms with E-state index in [0.717, 1.165) is 18.4 Å². The highest BCUT2D eigenvalue weighted by Crippen LogP contribution is 2.22. The highest BCUT2D eigenvalue weighted by atomic mass is 32.2. The molecule has 0 bridgehead atoms. The number of amides is 2. The van der Waals surface area contributed by atoms with Crippen LogP contribution in [0.25, 0.3) is 0 Å². The minimum absolute atomic E-state index is 0.0237. The molecule has 8 nitrogen and oxygen atoms in total. The molecule has 11 heteroatoms. The summed E-state index contributed by atoms with van der Waals surface area (Å²) in [7, 11) is -2.56. The third-order valence-corrected chi connectivity index (χ3v) is 6.16. The quantitative estimate of drug-likeness (QED) is 0.558. The van der Waals surface area contributed by atoms with Crippen LogP contribution in [-0.4, -0.2) is 56.6 Å². The van der Waals surface area contributed by atoms with Crippen molar-refractivity contribution < 1.29 is 31.5 Å². The van der Waals surface area contributed by atoms with Crippen LogP contribution in [0.3, 0.4) is 0 Å².